The number of amides is 1. The van der Waals surface area contributed by atoms with Gasteiger partial charge in [0.05, 0.1) is 5.02 Å². The molecule has 0 saturated heterocycles. The first-order valence-corrected chi connectivity index (χ1v) is 7.35. The van der Waals surface area contributed by atoms with E-state index in [1.807, 2.05) is 12.1 Å². The predicted octanol–water partition coefficient (Wildman–Crippen LogP) is 3.97. The summed E-state index contributed by atoms with van der Waals surface area (Å²) in [4.78, 5) is 12.5. The van der Waals surface area contributed by atoms with Crippen LogP contribution in [0.1, 0.15) is 16.1 Å². The third-order valence-electron chi connectivity index (χ3n) is 2.61. The largest absolute Gasteiger partial charge is 0.385 e. The van der Waals surface area contributed by atoms with E-state index in [0.717, 1.165) is 16.5 Å². The molecule has 0 unspecified atom stereocenters. The lowest BCUT2D eigenvalue weighted by Crippen LogP contribution is -2.24. The summed E-state index contributed by atoms with van der Waals surface area (Å²) in [7, 11) is 1.63. The van der Waals surface area contributed by atoms with Gasteiger partial charge in [-0.05, 0) is 18.6 Å². The Labute approximate surface area is 125 Å². The quantitative estimate of drug-likeness (QED) is 0.847. The van der Waals surface area contributed by atoms with Gasteiger partial charge in [-0.25, -0.2) is 0 Å². The number of nitrogens with one attached hydrogen (secondary N) is 1. The Morgan fingerprint density at radius 1 is 1.42 bits per heavy atom. The summed E-state index contributed by atoms with van der Waals surface area (Å²) in [6.07, 6.45) is 0.774. The van der Waals surface area contributed by atoms with Crippen LogP contribution in [0.15, 0.2) is 18.2 Å². The summed E-state index contributed by atoms with van der Waals surface area (Å²) < 4.78 is 5.84. The molecular formula is C13H13Cl2NO2S. The Hall–Kier alpha value is -0.810. The summed E-state index contributed by atoms with van der Waals surface area (Å²) in [6.45, 7) is 1.19. The average Bonchev–Trinajstić information content (AvgIpc) is 2.71. The van der Waals surface area contributed by atoms with Gasteiger partial charge in [-0.15, -0.1) is 11.3 Å². The zero-order chi connectivity index (χ0) is 13.8. The van der Waals surface area contributed by atoms with Gasteiger partial charge in [0.15, 0.2) is 0 Å². The van der Waals surface area contributed by atoms with Crippen molar-refractivity contribution < 1.29 is 9.53 Å². The zero-order valence-electron chi connectivity index (χ0n) is 10.3. The van der Waals surface area contributed by atoms with E-state index in [1.165, 1.54) is 11.3 Å². The van der Waals surface area contributed by atoms with Crippen LogP contribution < -0.4 is 5.32 Å². The minimum atomic E-state index is -0.154. The molecule has 0 aliphatic heterocycles. The molecule has 1 amide bonds. The van der Waals surface area contributed by atoms with Crippen LogP contribution in [0.5, 0.6) is 0 Å². The Balaban J connectivity index is 2.15. The average molecular weight is 318 g/mol. The van der Waals surface area contributed by atoms with Crippen molar-refractivity contribution in [2.75, 3.05) is 20.3 Å². The Morgan fingerprint density at radius 2 is 2.21 bits per heavy atom. The van der Waals surface area contributed by atoms with Gasteiger partial charge in [-0.3, -0.25) is 4.79 Å². The molecule has 0 aliphatic rings. The van der Waals surface area contributed by atoms with Crippen molar-refractivity contribution in [3.63, 3.8) is 0 Å². The first kappa shape index (κ1) is 14.6. The Morgan fingerprint density at radius 3 is 2.95 bits per heavy atom. The highest BCUT2D eigenvalue weighted by Gasteiger charge is 2.16. The van der Waals surface area contributed by atoms with Crippen molar-refractivity contribution in [3.8, 4) is 0 Å². The summed E-state index contributed by atoms with van der Waals surface area (Å²) in [6, 6.07) is 5.41. The number of hydrogen-bond donors (Lipinski definition) is 1. The summed E-state index contributed by atoms with van der Waals surface area (Å²) in [5.41, 5.74) is 0. The van der Waals surface area contributed by atoms with Crippen LogP contribution >= 0.6 is 34.5 Å². The molecule has 2 aromatic rings. The van der Waals surface area contributed by atoms with Crippen LogP contribution in [-0.2, 0) is 4.74 Å². The lowest BCUT2D eigenvalue weighted by Gasteiger charge is -2.03. The Bertz CT molecular complexity index is 598. The van der Waals surface area contributed by atoms with Crippen LogP contribution in [0.3, 0.4) is 0 Å². The molecule has 0 spiro atoms. The fourth-order valence-corrected chi connectivity index (χ4v) is 3.39. The van der Waals surface area contributed by atoms with E-state index in [-0.39, 0.29) is 5.91 Å². The Kier molecular flexibility index (Phi) is 5.05. The van der Waals surface area contributed by atoms with Crippen molar-refractivity contribution in [3.05, 3.63) is 33.1 Å². The SMILES string of the molecule is COCCCNC(=O)c1sc2cc(Cl)ccc2c1Cl. The molecule has 0 saturated carbocycles. The normalized spacial score (nSPS) is 10.9. The molecule has 102 valence electrons. The number of methoxy groups -OCH3 is 1. The second-order valence-electron chi connectivity index (χ2n) is 3.99. The van der Waals surface area contributed by atoms with E-state index in [2.05, 4.69) is 5.32 Å². The van der Waals surface area contributed by atoms with Crippen LogP contribution in [-0.4, -0.2) is 26.2 Å². The van der Waals surface area contributed by atoms with Crippen molar-refractivity contribution >= 4 is 50.5 Å². The molecule has 0 bridgehead atoms. The van der Waals surface area contributed by atoms with Crippen molar-refractivity contribution in [1.82, 2.24) is 5.32 Å². The molecule has 3 nitrogen and oxygen atoms in total. The molecule has 0 radical (unpaired) electrons. The van der Waals surface area contributed by atoms with Gasteiger partial charge in [-0.1, -0.05) is 29.3 Å². The molecule has 1 aromatic heterocycles. The first-order chi connectivity index (χ1) is 9.13. The molecule has 1 aromatic carbocycles. The fraction of sp³-hybridized carbons (Fsp3) is 0.308. The topological polar surface area (TPSA) is 38.3 Å². The summed E-state index contributed by atoms with van der Waals surface area (Å²) in [5.74, 6) is -0.154. The third-order valence-corrected chi connectivity index (χ3v) is 4.50. The number of rotatable bonds is 5. The van der Waals surface area contributed by atoms with Crippen molar-refractivity contribution in [2.24, 2.45) is 0 Å². The molecule has 0 atom stereocenters. The van der Waals surface area contributed by atoms with E-state index in [1.54, 1.807) is 13.2 Å². The molecule has 1 heterocycles. The molecular weight excluding hydrogens is 305 g/mol. The van der Waals surface area contributed by atoms with Crippen molar-refractivity contribution in [1.29, 1.82) is 0 Å². The minimum absolute atomic E-state index is 0.154. The van der Waals surface area contributed by atoms with Gasteiger partial charge in [0.1, 0.15) is 4.88 Å². The number of ether oxygens (including phenoxy) is 1. The highest BCUT2D eigenvalue weighted by atomic mass is 35.5. The van der Waals surface area contributed by atoms with Crippen LogP contribution in [0.25, 0.3) is 10.1 Å². The smallest absolute Gasteiger partial charge is 0.262 e. The van der Waals surface area contributed by atoms with Gasteiger partial charge in [0, 0.05) is 35.4 Å². The lowest BCUT2D eigenvalue weighted by atomic mass is 10.2. The second-order valence-corrected chi connectivity index (χ2v) is 5.85. The highest BCUT2D eigenvalue weighted by molar-refractivity contribution is 7.21. The van der Waals surface area contributed by atoms with E-state index in [9.17, 15) is 4.79 Å². The van der Waals surface area contributed by atoms with E-state index >= 15 is 0 Å². The molecule has 0 aliphatic carbocycles. The third kappa shape index (κ3) is 3.39. The van der Waals surface area contributed by atoms with Gasteiger partial charge >= 0.3 is 0 Å². The maximum absolute atomic E-state index is 12.0. The van der Waals surface area contributed by atoms with Crippen molar-refractivity contribution in [2.45, 2.75) is 6.42 Å². The fourth-order valence-electron chi connectivity index (χ4n) is 1.68. The molecule has 1 N–H and O–H groups in total. The van der Waals surface area contributed by atoms with Gasteiger partial charge < -0.3 is 10.1 Å². The number of hydrogen-bond acceptors (Lipinski definition) is 3. The summed E-state index contributed by atoms with van der Waals surface area (Å²) >= 11 is 13.5. The molecule has 2 rings (SSSR count). The van der Waals surface area contributed by atoms with Crippen LogP contribution in [0.4, 0.5) is 0 Å². The number of halogens is 2. The molecule has 0 fully saturated rings. The maximum atomic E-state index is 12.0. The monoisotopic (exact) mass is 317 g/mol. The first-order valence-electron chi connectivity index (χ1n) is 5.78. The molecule has 19 heavy (non-hydrogen) atoms. The number of benzene rings is 1. The van der Waals surface area contributed by atoms with Gasteiger partial charge in [0.2, 0.25) is 0 Å². The highest BCUT2D eigenvalue weighted by Crippen LogP contribution is 2.36. The second kappa shape index (κ2) is 6.57. The minimum Gasteiger partial charge on any atom is -0.385 e. The maximum Gasteiger partial charge on any atom is 0.262 e. The standard InChI is InChI=1S/C13H13Cl2NO2S/c1-18-6-2-5-16-13(17)12-11(15)9-4-3-8(14)7-10(9)19-12/h3-4,7H,2,5-6H2,1H3,(H,16,17). The van der Waals surface area contributed by atoms with E-state index < -0.39 is 0 Å². The summed E-state index contributed by atoms with van der Waals surface area (Å²) in [5, 5.41) is 4.81. The van der Waals surface area contributed by atoms with Gasteiger partial charge in [-0.2, -0.15) is 0 Å². The van der Waals surface area contributed by atoms with E-state index in [0.29, 0.717) is 28.1 Å². The van der Waals surface area contributed by atoms with Crippen LogP contribution in [0, 0.1) is 0 Å². The van der Waals surface area contributed by atoms with Crippen LogP contribution in [0.2, 0.25) is 10.0 Å². The predicted molar refractivity (Wildman–Crippen MR) is 80.7 cm³/mol. The van der Waals surface area contributed by atoms with Gasteiger partial charge in [0.25, 0.3) is 5.91 Å². The number of carbonyl (C=O) groups excluding carboxylic acids is 1. The molecule has 6 heteroatoms. The number of thiophene rings is 1. The lowest BCUT2D eigenvalue weighted by molar-refractivity contribution is 0.0953. The zero-order valence-corrected chi connectivity index (χ0v) is 12.7. The number of carbonyl (C=O) groups is 1. The number of fused-ring (bicyclic) bond motifs is 1. The van der Waals surface area contributed by atoms with E-state index in [4.69, 9.17) is 27.9 Å².